The lowest BCUT2D eigenvalue weighted by atomic mass is 9.98. The van der Waals surface area contributed by atoms with Crippen LogP contribution >= 0.6 is 0 Å². The maximum absolute atomic E-state index is 10.8. The van der Waals surface area contributed by atoms with Crippen LogP contribution in [-0.4, -0.2) is 10.5 Å². The third-order valence-corrected chi connectivity index (χ3v) is 3.34. The normalized spacial score (nSPS) is 15.7. The Labute approximate surface area is 101 Å². The van der Waals surface area contributed by atoms with Gasteiger partial charge in [0.1, 0.15) is 0 Å². The van der Waals surface area contributed by atoms with E-state index in [0.29, 0.717) is 5.92 Å². The number of hydrogen-bond donors (Lipinski definition) is 1. The van der Waals surface area contributed by atoms with Crippen LogP contribution in [0.4, 0.5) is 11.4 Å². The Bertz CT molecular complexity index is 451. The minimum Gasteiger partial charge on any atom is -0.380 e. The van der Waals surface area contributed by atoms with Gasteiger partial charge in [-0.1, -0.05) is 0 Å². The molecule has 0 saturated heterocycles. The molecule has 1 aromatic rings. The molecule has 0 bridgehead atoms. The van der Waals surface area contributed by atoms with Crippen molar-refractivity contribution in [1.82, 2.24) is 0 Å². The molecule has 1 N–H and O–H groups in total. The minimum atomic E-state index is -0.345. The highest BCUT2D eigenvalue weighted by Crippen LogP contribution is 2.41. The number of nitro groups is 1. The quantitative estimate of drug-likeness (QED) is 0.640. The Morgan fingerprint density at radius 2 is 2.00 bits per heavy atom. The van der Waals surface area contributed by atoms with Crippen molar-refractivity contribution in [3.8, 4) is 0 Å². The van der Waals surface area contributed by atoms with E-state index in [9.17, 15) is 10.1 Å². The van der Waals surface area contributed by atoms with Gasteiger partial charge in [0.25, 0.3) is 5.69 Å². The average Bonchev–Trinajstić information content (AvgIpc) is 2.98. The van der Waals surface area contributed by atoms with E-state index in [1.54, 1.807) is 12.1 Å². The standard InChI is InChI=1S/C13H18N2O2/c1-9-6-11(8-12(7-9)15(16)17)14-13(2,3)10-4-5-10/h6-8,10,14H,4-5H2,1-3H3. The number of rotatable bonds is 4. The zero-order valence-corrected chi connectivity index (χ0v) is 10.5. The Hall–Kier alpha value is -1.58. The van der Waals surface area contributed by atoms with Crippen LogP contribution in [0.25, 0.3) is 0 Å². The van der Waals surface area contributed by atoms with Gasteiger partial charge >= 0.3 is 0 Å². The van der Waals surface area contributed by atoms with Crippen molar-refractivity contribution < 1.29 is 4.92 Å². The third kappa shape index (κ3) is 2.75. The molecule has 1 aliphatic rings. The van der Waals surface area contributed by atoms with Crippen molar-refractivity contribution in [2.45, 2.75) is 39.2 Å². The van der Waals surface area contributed by atoms with Gasteiger partial charge in [-0.25, -0.2) is 0 Å². The lowest BCUT2D eigenvalue weighted by molar-refractivity contribution is -0.384. The van der Waals surface area contributed by atoms with E-state index in [-0.39, 0.29) is 16.1 Å². The summed E-state index contributed by atoms with van der Waals surface area (Å²) >= 11 is 0. The van der Waals surface area contributed by atoms with E-state index in [4.69, 9.17) is 0 Å². The zero-order valence-electron chi connectivity index (χ0n) is 10.5. The number of nitrogens with zero attached hydrogens (tertiary/aromatic N) is 1. The summed E-state index contributed by atoms with van der Waals surface area (Å²) in [5.41, 5.74) is 1.92. The van der Waals surface area contributed by atoms with Gasteiger partial charge in [-0.05, 0) is 51.2 Å². The van der Waals surface area contributed by atoms with Crippen LogP contribution in [0.3, 0.4) is 0 Å². The van der Waals surface area contributed by atoms with Crippen LogP contribution in [0.5, 0.6) is 0 Å². The molecule has 17 heavy (non-hydrogen) atoms. The highest BCUT2D eigenvalue weighted by Gasteiger charge is 2.37. The Balaban J connectivity index is 2.23. The summed E-state index contributed by atoms with van der Waals surface area (Å²) in [6.07, 6.45) is 2.49. The van der Waals surface area contributed by atoms with E-state index in [1.165, 1.54) is 12.8 Å². The lowest BCUT2D eigenvalue weighted by Crippen LogP contribution is -2.33. The predicted octanol–water partition coefficient (Wildman–Crippen LogP) is 3.50. The molecule has 1 fully saturated rings. The highest BCUT2D eigenvalue weighted by molar-refractivity contribution is 5.55. The van der Waals surface area contributed by atoms with Gasteiger partial charge in [0.15, 0.2) is 0 Å². The number of nitro benzene ring substituents is 1. The summed E-state index contributed by atoms with van der Waals surface area (Å²) in [6, 6.07) is 5.16. The molecule has 0 amide bonds. The second kappa shape index (κ2) is 4.02. The maximum Gasteiger partial charge on any atom is 0.271 e. The van der Waals surface area contributed by atoms with E-state index in [0.717, 1.165) is 11.3 Å². The largest absolute Gasteiger partial charge is 0.380 e. The fourth-order valence-corrected chi connectivity index (χ4v) is 2.22. The Morgan fingerprint density at radius 3 is 2.53 bits per heavy atom. The van der Waals surface area contributed by atoms with Crippen molar-refractivity contribution in [2.24, 2.45) is 5.92 Å². The molecule has 1 aliphatic carbocycles. The predicted molar refractivity (Wildman–Crippen MR) is 68.3 cm³/mol. The molecule has 0 aliphatic heterocycles. The fraction of sp³-hybridized carbons (Fsp3) is 0.538. The van der Waals surface area contributed by atoms with Crippen LogP contribution in [-0.2, 0) is 0 Å². The summed E-state index contributed by atoms with van der Waals surface area (Å²) in [5.74, 6) is 0.682. The Kier molecular flexibility index (Phi) is 2.81. The number of aryl methyl sites for hydroxylation is 1. The second-order valence-electron chi connectivity index (χ2n) is 5.44. The number of benzene rings is 1. The van der Waals surface area contributed by atoms with Crippen LogP contribution in [0.15, 0.2) is 18.2 Å². The lowest BCUT2D eigenvalue weighted by Gasteiger charge is -2.27. The van der Waals surface area contributed by atoms with Gasteiger partial charge in [0.2, 0.25) is 0 Å². The minimum absolute atomic E-state index is 0.0155. The van der Waals surface area contributed by atoms with E-state index < -0.39 is 0 Å². The topological polar surface area (TPSA) is 55.2 Å². The summed E-state index contributed by atoms with van der Waals surface area (Å²) in [5, 5.41) is 14.2. The molecule has 0 spiro atoms. The van der Waals surface area contributed by atoms with E-state index in [2.05, 4.69) is 19.2 Å². The molecule has 0 radical (unpaired) electrons. The molecular formula is C13H18N2O2. The molecule has 0 unspecified atom stereocenters. The molecule has 1 saturated carbocycles. The van der Waals surface area contributed by atoms with Crippen molar-refractivity contribution in [3.63, 3.8) is 0 Å². The summed E-state index contributed by atoms with van der Waals surface area (Å²) < 4.78 is 0. The first-order valence-corrected chi connectivity index (χ1v) is 5.93. The monoisotopic (exact) mass is 234 g/mol. The van der Waals surface area contributed by atoms with Crippen LogP contribution < -0.4 is 5.32 Å². The first kappa shape index (κ1) is 11.9. The van der Waals surface area contributed by atoms with Gasteiger partial charge < -0.3 is 5.32 Å². The molecule has 4 heteroatoms. The molecule has 4 nitrogen and oxygen atoms in total. The van der Waals surface area contributed by atoms with E-state index in [1.807, 2.05) is 13.0 Å². The number of non-ortho nitro benzene ring substituents is 1. The van der Waals surface area contributed by atoms with E-state index >= 15 is 0 Å². The third-order valence-electron chi connectivity index (χ3n) is 3.34. The average molecular weight is 234 g/mol. The first-order valence-electron chi connectivity index (χ1n) is 5.93. The highest BCUT2D eigenvalue weighted by atomic mass is 16.6. The number of anilines is 1. The van der Waals surface area contributed by atoms with Gasteiger partial charge in [-0.3, -0.25) is 10.1 Å². The number of nitrogens with one attached hydrogen (secondary N) is 1. The summed E-state index contributed by atoms with van der Waals surface area (Å²) in [4.78, 5) is 10.5. The van der Waals surface area contributed by atoms with Gasteiger partial charge in [-0.15, -0.1) is 0 Å². The smallest absolute Gasteiger partial charge is 0.271 e. The van der Waals surface area contributed by atoms with Crippen molar-refractivity contribution in [2.75, 3.05) is 5.32 Å². The van der Waals surface area contributed by atoms with Crippen LogP contribution in [0, 0.1) is 23.0 Å². The molecular weight excluding hydrogens is 216 g/mol. The van der Waals surface area contributed by atoms with Gasteiger partial charge in [0.05, 0.1) is 4.92 Å². The van der Waals surface area contributed by atoms with Crippen molar-refractivity contribution >= 4 is 11.4 Å². The second-order valence-corrected chi connectivity index (χ2v) is 5.44. The zero-order chi connectivity index (χ0) is 12.6. The molecule has 0 aromatic heterocycles. The Morgan fingerprint density at radius 1 is 1.35 bits per heavy atom. The molecule has 0 heterocycles. The summed E-state index contributed by atoms with van der Waals surface area (Å²) in [6.45, 7) is 6.18. The van der Waals surface area contributed by atoms with Crippen LogP contribution in [0.1, 0.15) is 32.3 Å². The fourth-order valence-electron chi connectivity index (χ4n) is 2.22. The van der Waals surface area contributed by atoms with Crippen molar-refractivity contribution in [1.29, 1.82) is 0 Å². The SMILES string of the molecule is Cc1cc(NC(C)(C)C2CC2)cc([N+](=O)[O-])c1. The molecule has 92 valence electrons. The summed E-state index contributed by atoms with van der Waals surface area (Å²) in [7, 11) is 0. The molecule has 0 atom stereocenters. The van der Waals surface area contributed by atoms with Crippen molar-refractivity contribution in [3.05, 3.63) is 33.9 Å². The van der Waals surface area contributed by atoms with Gasteiger partial charge in [0, 0.05) is 23.4 Å². The molecule has 2 rings (SSSR count). The van der Waals surface area contributed by atoms with Crippen LogP contribution in [0.2, 0.25) is 0 Å². The number of hydrogen-bond acceptors (Lipinski definition) is 3. The maximum atomic E-state index is 10.8. The first-order chi connectivity index (χ1) is 7.88. The molecule has 1 aromatic carbocycles. The van der Waals surface area contributed by atoms with Gasteiger partial charge in [-0.2, -0.15) is 0 Å².